The second kappa shape index (κ2) is 17.7. The molecule has 5 heterocycles. The normalized spacial score (nSPS) is 17.2. The zero-order chi connectivity index (χ0) is 46.5. The first-order valence-corrected chi connectivity index (χ1v) is 22.9. The fraction of sp³-hybridized carbons (Fsp3) is 0.396. The fourth-order valence-electron chi connectivity index (χ4n) is 9.90. The number of para-hydroxylation sites is 2. The number of methoxy groups -OCH3 is 2. The smallest absolute Gasteiger partial charge is 0.261 e. The summed E-state index contributed by atoms with van der Waals surface area (Å²) in [6.07, 6.45) is 4.11. The van der Waals surface area contributed by atoms with Gasteiger partial charge >= 0.3 is 0 Å². The number of carbonyl (C=O) groups is 2. The van der Waals surface area contributed by atoms with Crippen molar-refractivity contribution in [3.8, 4) is 23.0 Å². The lowest BCUT2D eigenvalue weighted by atomic mass is 9.95. The topological polar surface area (TPSA) is 127 Å². The predicted octanol–water partition coefficient (Wildman–Crippen LogP) is 9.74. The molecule has 4 aliphatic rings. The first-order valence-electron chi connectivity index (χ1n) is 22.9. The summed E-state index contributed by atoms with van der Waals surface area (Å²) < 4.78 is 31.1. The lowest BCUT2D eigenvalue weighted by Crippen LogP contribution is -2.49. The molecule has 2 amide bonds. The van der Waals surface area contributed by atoms with Gasteiger partial charge in [0.05, 0.1) is 65.8 Å². The first-order chi connectivity index (χ1) is 31.6. The Morgan fingerprint density at radius 3 is 1.97 bits per heavy atom. The number of nitrogens with one attached hydrogen (secondary N) is 1. The molecule has 0 unspecified atom stereocenters. The van der Waals surface area contributed by atoms with Gasteiger partial charge in [-0.25, -0.2) is 0 Å². The lowest BCUT2D eigenvalue weighted by molar-refractivity contribution is -0.0101. The average Bonchev–Trinajstić information content (AvgIpc) is 3.77. The molecule has 0 bridgehead atoms. The van der Waals surface area contributed by atoms with Gasteiger partial charge in [-0.05, 0) is 109 Å². The molecule has 1 aromatic heterocycles. The van der Waals surface area contributed by atoms with E-state index in [1.165, 1.54) is 5.56 Å². The van der Waals surface area contributed by atoms with Crippen molar-refractivity contribution in [2.24, 2.45) is 4.99 Å². The number of ether oxygens (including phenoxy) is 5. The number of hydrogen-bond acceptors (Lipinski definition) is 11. The lowest BCUT2D eigenvalue weighted by Gasteiger charge is -2.44. The number of fused-ring (bicyclic) bond motifs is 8. The second-order valence-corrected chi connectivity index (χ2v) is 19.3. The maximum absolute atomic E-state index is 14.1. The van der Waals surface area contributed by atoms with E-state index < -0.39 is 0 Å². The minimum absolute atomic E-state index is 0.00437. The number of carbonyl (C=O) groups excluding carboxylic acids is 2. The second-order valence-electron chi connectivity index (χ2n) is 19.3. The molecule has 0 spiro atoms. The van der Waals surface area contributed by atoms with Gasteiger partial charge in [0.1, 0.15) is 13.2 Å². The molecule has 0 saturated carbocycles. The van der Waals surface area contributed by atoms with Gasteiger partial charge < -0.3 is 38.8 Å². The van der Waals surface area contributed by atoms with Crippen LogP contribution < -0.4 is 39.0 Å². The Bertz CT molecular complexity index is 2710. The Hall–Kier alpha value is -6.60. The molecule has 0 radical (unpaired) electrons. The Labute approximate surface area is 387 Å². The van der Waals surface area contributed by atoms with Gasteiger partial charge in [-0.2, -0.15) is 0 Å². The summed E-state index contributed by atoms with van der Waals surface area (Å²) in [5.41, 5.74) is 8.01. The van der Waals surface area contributed by atoms with Gasteiger partial charge in [-0.15, -0.1) is 0 Å². The number of hydrogen-bond donors (Lipinski definition) is 1. The van der Waals surface area contributed by atoms with E-state index in [0.717, 1.165) is 35.5 Å². The number of pyridine rings is 1. The number of nitrogens with zero attached hydrogens (tertiary/aromatic N) is 5. The van der Waals surface area contributed by atoms with Crippen LogP contribution in [0.25, 0.3) is 0 Å². The number of benzene rings is 4. The van der Waals surface area contributed by atoms with Crippen LogP contribution in [0.4, 0.5) is 28.4 Å². The highest BCUT2D eigenvalue weighted by atomic mass is 16.5. The molecule has 5 aromatic rings. The fourth-order valence-corrected chi connectivity index (χ4v) is 9.90. The summed E-state index contributed by atoms with van der Waals surface area (Å²) in [4.78, 5) is 44.3. The summed E-state index contributed by atoms with van der Waals surface area (Å²) in [7, 11) is 3.15. The first kappa shape index (κ1) is 44.6. The highest BCUT2D eigenvalue weighted by Crippen LogP contribution is 2.43. The quantitative estimate of drug-likeness (QED) is 0.115. The van der Waals surface area contributed by atoms with Gasteiger partial charge in [0.2, 0.25) is 0 Å². The van der Waals surface area contributed by atoms with Crippen LogP contribution in [0.3, 0.4) is 0 Å². The number of aromatic nitrogens is 1. The molecular formula is C53H60N6O7. The molecule has 13 nitrogen and oxygen atoms in total. The Kier molecular flexibility index (Phi) is 11.9. The molecule has 1 N–H and O–H groups in total. The Morgan fingerprint density at radius 2 is 1.33 bits per heavy atom. The molecule has 4 aromatic carbocycles. The van der Waals surface area contributed by atoms with Crippen molar-refractivity contribution in [1.29, 1.82) is 0 Å². The molecule has 9 rings (SSSR count). The largest absolute Gasteiger partial charge is 0.493 e. The van der Waals surface area contributed by atoms with Crippen LogP contribution in [0.1, 0.15) is 98.1 Å². The molecule has 4 aliphatic heterocycles. The highest BCUT2D eigenvalue weighted by Gasteiger charge is 2.39. The van der Waals surface area contributed by atoms with Crippen LogP contribution in [0.15, 0.2) is 89.9 Å². The Balaban J connectivity index is 1.02. The van der Waals surface area contributed by atoms with E-state index in [4.69, 9.17) is 33.7 Å². The van der Waals surface area contributed by atoms with E-state index in [9.17, 15) is 9.59 Å². The summed E-state index contributed by atoms with van der Waals surface area (Å²) >= 11 is 0. The monoisotopic (exact) mass is 892 g/mol. The molecule has 0 saturated heterocycles. The van der Waals surface area contributed by atoms with Gasteiger partial charge in [-0.3, -0.25) is 24.5 Å². The SMILES string of the molecule is COc1cc2c(cc1OCc1cc(N(C(C)C)C(C)(C)CCOC(C)(C)C)cc(COc3cc4c(cc3OC)C(=O)N3c5ccccc5C[C@H]3CN4)n1)N=C[C@@H]1Cc3ccccc3N1C2=O. The third kappa shape index (κ3) is 8.64. The van der Waals surface area contributed by atoms with Crippen LogP contribution >= 0.6 is 0 Å². The van der Waals surface area contributed by atoms with E-state index in [0.29, 0.717) is 76.5 Å². The maximum atomic E-state index is 14.1. The maximum Gasteiger partial charge on any atom is 0.261 e. The summed E-state index contributed by atoms with van der Waals surface area (Å²) in [6, 6.07) is 27.2. The van der Waals surface area contributed by atoms with Crippen molar-refractivity contribution in [2.45, 2.75) is 110 Å². The molecular weight excluding hydrogens is 833 g/mol. The van der Waals surface area contributed by atoms with E-state index >= 15 is 0 Å². The van der Waals surface area contributed by atoms with E-state index in [-0.39, 0.29) is 54.3 Å². The van der Waals surface area contributed by atoms with Gasteiger partial charge in [0.25, 0.3) is 11.8 Å². The predicted molar refractivity (Wildman–Crippen MR) is 259 cm³/mol. The molecule has 13 heteroatoms. The van der Waals surface area contributed by atoms with Gasteiger partial charge in [-0.1, -0.05) is 36.4 Å². The number of amides is 2. The van der Waals surface area contributed by atoms with Crippen LogP contribution in [0, 0.1) is 0 Å². The summed E-state index contributed by atoms with van der Waals surface area (Å²) in [5.74, 6) is 1.57. The minimum Gasteiger partial charge on any atom is -0.493 e. The molecule has 344 valence electrons. The van der Waals surface area contributed by atoms with Crippen LogP contribution in [-0.2, 0) is 30.8 Å². The number of aliphatic imine (C=N–C) groups is 1. The average molecular weight is 893 g/mol. The van der Waals surface area contributed by atoms with E-state index in [2.05, 4.69) is 82.9 Å². The Morgan fingerprint density at radius 1 is 0.742 bits per heavy atom. The van der Waals surface area contributed by atoms with E-state index in [1.54, 1.807) is 32.4 Å². The van der Waals surface area contributed by atoms with Crippen molar-refractivity contribution in [3.05, 3.63) is 119 Å². The van der Waals surface area contributed by atoms with E-state index in [1.807, 2.05) is 58.5 Å². The summed E-state index contributed by atoms with van der Waals surface area (Å²) in [5, 5.41) is 3.53. The van der Waals surface area contributed by atoms with Crippen molar-refractivity contribution in [1.82, 2.24) is 4.98 Å². The molecule has 2 atom stereocenters. The van der Waals surface area contributed by atoms with Gasteiger partial charge in [0.15, 0.2) is 23.0 Å². The minimum atomic E-state index is -0.316. The summed E-state index contributed by atoms with van der Waals surface area (Å²) in [6.45, 7) is 16.4. The zero-order valence-corrected chi connectivity index (χ0v) is 39.4. The number of rotatable bonds is 14. The molecule has 0 fully saturated rings. The van der Waals surface area contributed by atoms with Crippen molar-refractivity contribution < 1.29 is 33.3 Å². The van der Waals surface area contributed by atoms with Crippen LogP contribution in [0.5, 0.6) is 23.0 Å². The van der Waals surface area contributed by atoms with Crippen molar-refractivity contribution in [2.75, 3.05) is 47.4 Å². The zero-order valence-electron chi connectivity index (χ0n) is 39.4. The highest BCUT2D eigenvalue weighted by molar-refractivity contribution is 6.15. The number of anilines is 4. The van der Waals surface area contributed by atoms with Crippen LogP contribution in [0.2, 0.25) is 0 Å². The molecule has 66 heavy (non-hydrogen) atoms. The van der Waals surface area contributed by atoms with Gasteiger partial charge in [0, 0.05) is 66.6 Å². The third-order valence-electron chi connectivity index (χ3n) is 12.8. The third-order valence-corrected chi connectivity index (χ3v) is 12.8. The van der Waals surface area contributed by atoms with Crippen molar-refractivity contribution >= 4 is 46.5 Å². The molecule has 0 aliphatic carbocycles. The standard InChI is InChI=1S/C53H60N6O7/c1-32(2)59(53(6,7)18-19-66-52(3,4)5)37-22-35(30-64-48-26-42-40(24-46(48)62-8)50(60)57-38(28-54-42)20-33-14-10-12-16-44(33)57)56-36(23-37)31-65-49-27-43-41(25-47(49)63-9)51(61)58-39(29-55-43)21-34-15-11-13-17-45(34)58/h10-17,22-28,32,38-39,55H,18-21,29-31H2,1-9H3/t38-,39-/m0/s1. The van der Waals surface area contributed by atoms with Crippen molar-refractivity contribution in [3.63, 3.8) is 0 Å². The van der Waals surface area contributed by atoms with Crippen LogP contribution in [-0.4, -0.2) is 79.6 Å².